The maximum Gasteiger partial charge on any atom is 0.407 e. The van der Waals surface area contributed by atoms with E-state index in [-0.39, 0.29) is 56.0 Å². The third-order valence-electron chi connectivity index (χ3n) is 11.7. The van der Waals surface area contributed by atoms with Crippen molar-refractivity contribution in [3.05, 3.63) is 42.4 Å². The van der Waals surface area contributed by atoms with E-state index in [0.717, 1.165) is 12.8 Å². The van der Waals surface area contributed by atoms with E-state index in [0.29, 0.717) is 42.2 Å². The summed E-state index contributed by atoms with van der Waals surface area (Å²) >= 11 is 0. The second-order valence-corrected chi connectivity index (χ2v) is 18.0. The number of ether oxygens (including phenoxy) is 3. The standard InChI is InChI=1S/C38H47F2N5O9S/c1-22-8-6-4-5-7-9-23-18-38(23,34(48)44-55(50,51)37(40)14-15-37)43-31(46)28-17-25(54-32-27-16-24(39)10-11-26(27)29(52-3)19-41-32)20-45(28)33(47)30(22)42-35(49)53-21-36(2)12-13-36/h7,9-11,16,19,22-23,25,28,30H,4-6,8,12-15,17-18,20-21H2,1-3H3,(H,42,49)(H,43,46)(H,44,48). The van der Waals surface area contributed by atoms with Gasteiger partial charge < -0.3 is 29.7 Å². The van der Waals surface area contributed by atoms with E-state index >= 15 is 0 Å². The molecule has 17 heteroatoms. The molecule has 3 heterocycles. The number of aromatic nitrogens is 1. The molecule has 1 aromatic heterocycles. The first kappa shape index (κ1) is 38.7. The molecule has 4 fully saturated rings. The molecule has 55 heavy (non-hydrogen) atoms. The summed E-state index contributed by atoms with van der Waals surface area (Å²) in [6.07, 6.45) is 7.27. The molecule has 1 saturated heterocycles. The van der Waals surface area contributed by atoms with Gasteiger partial charge in [0.15, 0.2) is 0 Å². The topological polar surface area (TPSA) is 182 Å². The van der Waals surface area contributed by atoms with Gasteiger partial charge in [0.2, 0.25) is 22.7 Å². The number of alkyl halides is 1. The monoisotopic (exact) mass is 787 g/mol. The molecular weight excluding hydrogens is 741 g/mol. The lowest BCUT2D eigenvalue weighted by Gasteiger charge is -2.32. The molecule has 2 aromatic rings. The van der Waals surface area contributed by atoms with Crippen LogP contribution in [0.3, 0.4) is 0 Å². The van der Waals surface area contributed by atoms with Crippen molar-refractivity contribution in [1.29, 1.82) is 0 Å². The number of alkyl carbamates (subject to hydrolysis) is 1. The summed E-state index contributed by atoms with van der Waals surface area (Å²) in [7, 11) is -3.23. The minimum Gasteiger partial charge on any atom is -0.494 e. The lowest BCUT2D eigenvalue weighted by Crippen LogP contribution is -2.59. The van der Waals surface area contributed by atoms with Crippen LogP contribution in [0.15, 0.2) is 36.5 Å². The molecule has 2 aliphatic heterocycles. The number of rotatable bonds is 9. The fourth-order valence-corrected chi connectivity index (χ4v) is 8.71. The number of hydrogen-bond donors (Lipinski definition) is 3. The van der Waals surface area contributed by atoms with Crippen LogP contribution in [0.5, 0.6) is 11.6 Å². The van der Waals surface area contributed by atoms with E-state index in [1.165, 1.54) is 36.4 Å². The SMILES string of the molecule is COc1cnc(OC2CC3C(=O)NC4(C(=O)NS(=O)(=O)C5(F)CC5)CC4C=CCCCCC(C)C(NC(=O)OCC4(C)CC4)C(=O)N3C2)c2cc(F)ccc12. The van der Waals surface area contributed by atoms with E-state index < -0.39 is 74.3 Å². The molecule has 6 atom stereocenters. The van der Waals surface area contributed by atoms with Crippen molar-refractivity contribution in [1.82, 2.24) is 25.2 Å². The molecule has 3 N–H and O–H groups in total. The number of halogens is 2. The van der Waals surface area contributed by atoms with Gasteiger partial charge in [-0.3, -0.25) is 14.4 Å². The maximum absolute atomic E-state index is 14.7. The maximum atomic E-state index is 14.7. The summed E-state index contributed by atoms with van der Waals surface area (Å²) in [5.41, 5.74) is -1.82. The number of amides is 4. The molecule has 5 aliphatic rings. The number of nitrogens with zero attached hydrogens (tertiary/aromatic N) is 2. The van der Waals surface area contributed by atoms with Gasteiger partial charge in [0, 0.05) is 36.0 Å². The lowest BCUT2D eigenvalue weighted by atomic mass is 9.94. The zero-order valence-electron chi connectivity index (χ0n) is 31.1. The van der Waals surface area contributed by atoms with Gasteiger partial charge in [-0.1, -0.05) is 32.4 Å². The molecule has 298 valence electrons. The third kappa shape index (κ3) is 7.94. The quantitative estimate of drug-likeness (QED) is 0.312. The van der Waals surface area contributed by atoms with Crippen LogP contribution >= 0.6 is 0 Å². The Morgan fingerprint density at radius 3 is 2.60 bits per heavy atom. The Hall–Kier alpha value is -4.54. The van der Waals surface area contributed by atoms with Crippen molar-refractivity contribution >= 4 is 44.6 Å². The van der Waals surface area contributed by atoms with Crippen LogP contribution in [0.1, 0.15) is 78.1 Å². The summed E-state index contributed by atoms with van der Waals surface area (Å²) in [6.45, 7) is 3.89. The molecule has 0 spiro atoms. The van der Waals surface area contributed by atoms with Crippen molar-refractivity contribution in [3.63, 3.8) is 0 Å². The smallest absolute Gasteiger partial charge is 0.407 e. The van der Waals surface area contributed by atoms with E-state index in [1.807, 2.05) is 24.6 Å². The molecule has 3 saturated carbocycles. The summed E-state index contributed by atoms with van der Waals surface area (Å²) in [5.74, 6) is -3.53. The zero-order valence-corrected chi connectivity index (χ0v) is 31.9. The van der Waals surface area contributed by atoms with Gasteiger partial charge in [-0.05, 0) is 62.6 Å². The van der Waals surface area contributed by atoms with Crippen molar-refractivity contribution in [2.75, 3.05) is 20.3 Å². The van der Waals surface area contributed by atoms with E-state index in [2.05, 4.69) is 15.6 Å². The van der Waals surface area contributed by atoms with Crippen LogP contribution in [0.2, 0.25) is 0 Å². The Balaban J connectivity index is 1.20. The second kappa shape index (κ2) is 14.5. The molecule has 4 amide bonds. The number of pyridine rings is 1. The van der Waals surface area contributed by atoms with Crippen LogP contribution in [-0.2, 0) is 29.1 Å². The van der Waals surface area contributed by atoms with Gasteiger partial charge in [0.1, 0.15) is 35.3 Å². The number of carbonyl (C=O) groups excluding carboxylic acids is 4. The Labute approximate surface area is 318 Å². The minimum absolute atomic E-state index is 0.0322. The van der Waals surface area contributed by atoms with Gasteiger partial charge in [-0.25, -0.2) is 31.7 Å². The second-order valence-electron chi connectivity index (χ2n) is 16.1. The van der Waals surface area contributed by atoms with E-state index in [4.69, 9.17) is 14.2 Å². The normalized spacial score (nSPS) is 29.8. The lowest BCUT2D eigenvalue weighted by molar-refractivity contribution is -0.142. The molecule has 1 aromatic carbocycles. The van der Waals surface area contributed by atoms with Crippen molar-refractivity contribution in [2.45, 2.75) is 107 Å². The zero-order chi connectivity index (χ0) is 39.3. The first-order chi connectivity index (χ1) is 26.1. The molecule has 6 unspecified atom stereocenters. The Morgan fingerprint density at radius 1 is 1.13 bits per heavy atom. The van der Waals surface area contributed by atoms with Gasteiger partial charge in [-0.15, -0.1) is 0 Å². The summed E-state index contributed by atoms with van der Waals surface area (Å²) in [4.78, 5) is 61.5. The molecular formula is C38H47F2N5O9S. The van der Waals surface area contributed by atoms with Crippen LogP contribution in [0.25, 0.3) is 10.8 Å². The highest BCUT2D eigenvalue weighted by atomic mass is 32.2. The molecule has 7 rings (SSSR count). The van der Waals surface area contributed by atoms with Crippen molar-refractivity contribution in [3.8, 4) is 11.6 Å². The highest BCUT2D eigenvalue weighted by Gasteiger charge is 2.64. The largest absolute Gasteiger partial charge is 0.494 e. The Kier molecular flexibility index (Phi) is 10.2. The van der Waals surface area contributed by atoms with Crippen LogP contribution < -0.4 is 24.8 Å². The first-order valence-electron chi connectivity index (χ1n) is 18.8. The number of methoxy groups -OCH3 is 1. The predicted octanol–water partition coefficient (Wildman–Crippen LogP) is 4.17. The van der Waals surface area contributed by atoms with Crippen molar-refractivity contribution in [2.24, 2.45) is 17.3 Å². The van der Waals surface area contributed by atoms with Crippen molar-refractivity contribution < 1.29 is 50.6 Å². The fraction of sp³-hybridized carbons (Fsp3) is 0.605. The summed E-state index contributed by atoms with van der Waals surface area (Å²) in [6, 6.07) is 1.67. The number of fused-ring (bicyclic) bond motifs is 3. The molecule has 0 radical (unpaired) electrons. The van der Waals surface area contributed by atoms with Gasteiger partial charge in [-0.2, -0.15) is 0 Å². The predicted molar refractivity (Wildman–Crippen MR) is 194 cm³/mol. The van der Waals surface area contributed by atoms with Crippen LogP contribution in [-0.4, -0.2) is 91.1 Å². The average Bonchev–Trinajstić information content (AvgIpc) is 4.11. The highest BCUT2D eigenvalue weighted by Crippen LogP contribution is 2.48. The number of sulfonamides is 1. The average molecular weight is 788 g/mol. The van der Waals surface area contributed by atoms with E-state index in [1.54, 1.807) is 6.08 Å². The minimum atomic E-state index is -4.68. The Bertz CT molecular complexity index is 2020. The number of benzene rings is 1. The highest BCUT2D eigenvalue weighted by molar-refractivity contribution is 7.91. The summed E-state index contributed by atoms with van der Waals surface area (Å²) in [5, 5.41) is 3.76. The van der Waals surface area contributed by atoms with E-state index in [9.17, 15) is 36.4 Å². The fourth-order valence-electron chi connectivity index (χ4n) is 7.46. The number of allylic oxidation sites excluding steroid dienone is 1. The van der Waals surface area contributed by atoms with Crippen LogP contribution in [0.4, 0.5) is 13.6 Å². The van der Waals surface area contributed by atoms with Gasteiger partial charge in [0.05, 0.1) is 31.8 Å². The van der Waals surface area contributed by atoms with Crippen LogP contribution in [0, 0.1) is 23.1 Å². The molecule has 0 bridgehead atoms. The van der Waals surface area contributed by atoms with Gasteiger partial charge in [0.25, 0.3) is 15.9 Å². The number of hydrogen-bond acceptors (Lipinski definition) is 10. The Morgan fingerprint density at radius 2 is 1.89 bits per heavy atom. The van der Waals surface area contributed by atoms with Gasteiger partial charge >= 0.3 is 6.09 Å². The number of carbonyl (C=O) groups is 4. The molecule has 3 aliphatic carbocycles. The molecule has 14 nitrogen and oxygen atoms in total. The summed E-state index contributed by atoms with van der Waals surface area (Å²) < 4.78 is 73.9. The number of nitrogens with one attached hydrogen (secondary N) is 3. The third-order valence-corrected chi connectivity index (χ3v) is 13.5. The first-order valence-corrected chi connectivity index (χ1v) is 20.3.